The molecule has 1 N–H and O–H groups in total. The zero-order chi connectivity index (χ0) is 22.2. The van der Waals surface area contributed by atoms with Gasteiger partial charge in [-0.15, -0.1) is 0 Å². The van der Waals surface area contributed by atoms with E-state index < -0.39 is 12.1 Å². The summed E-state index contributed by atoms with van der Waals surface area (Å²) in [5.74, 6) is 1.18. The van der Waals surface area contributed by atoms with Crippen molar-refractivity contribution in [2.45, 2.75) is 31.3 Å². The summed E-state index contributed by atoms with van der Waals surface area (Å²) in [6.45, 7) is 1.99. The molecule has 0 spiro atoms. The van der Waals surface area contributed by atoms with Crippen LogP contribution >= 0.6 is 0 Å². The molecule has 3 atom stereocenters. The van der Waals surface area contributed by atoms with E-state index in [1.165, 1.54) is 0 Å². The van der Waals surface area contributed by atoms with Crippen molar-refractivity contribution >= 4 is 5.69 Å². The molecule has 0 heterocycles. The van der Waals surface area contributed by atoms with Crippen LogP contribution in [-0.4, -0.2) is 25.2 Å². The maximum absolute atomic E-state index is 12.4. The summed E-state index contributed by atoms with van der Waals surface area (Å²) in [7, 11) is 3.22. The maximum Gasteiger partial charge on any atom is 0.243 e. The zero-order valence-corrected chi connectivity index (χ0v) is 18.0. The van der Waals surface area contributed by atoms with Gasteiger partial charge < -0.3 is 14.8 Å². The van der Waals surface area contributed by atoms with Gasteiger partial charge in [0.2, 0.25) is 6.04 Å². The Morgan fingerprint density at radius 3 is 1.87 bits per heavy atom. The molecule has 0 aromatic heterocycles. The highest BCUT2D eigenvalue weighted by atomic mass is 16.6. The number of nitro groups is 1. The van der Waals surface area contributed by atoms with Gasteiger partial charge in [-0.3, -0.25) is 10.1 Å². The number of hydrogen-bond donors (Lipinski definition) is 1. The average Bonchev–Trinajstić information content (AvgIpc) is 2.82. The minimum Gasteiger partial charge on any atom is -0.497 e. The van der Waals surface area contributed by atoms with Gasteiger partial charge in [0, 0.05) is 10.6 Å². The van der Waals surface area contributed by atoms with Crippen molar-refractivity contribution in [3.8, 4) is 11.5 Å². The summed E-state index contributed by atoms with van der Waals surface area (Å²) < 4.78 is 10.5. The lowest BCUT2D eigenvalue weighted by Crippen LogP contribution is -2.37. The number of nitrogens with zero attached hydrogens (tertiary/aromatic N) is 1. The molecule has 0 aliphatic rings. The number of anilines is 1. The van der Waals surface area contributed by atoms with Crippen molar-refractivity contribution in [3.05, 3.63) is 100 Å². The predicted molar refractivity (Wildman–Crippen MR) is 123 cm³/mol. The summed E-state index contributed by atoms with van der Waals surface area (Å²) in [6.07, 6.45) is 0.631. The molecule has 0 aliphatic carbocycles. The highest BCUT2D eigenvalue weighted by molar-refractivity contribution is 5.49. The summed E-state index contributed by atoms with van der Waals surface area (Å²) in [5.41, 5.74) is 2.58. The lowest BCUT2D eigenvalue weighted by Gasteiger charge is -2.29. The molecule has 0 saturated carbocycles. The molecule has 3 aromatic carbocycles. The molecule has 0 fully saturated rings. The lowest BCUT2D eigenvalue weighted by atomic mass is 9.82. The first-order chi connectivity index (χ1) is 15.1. The second kappa shape index (κ2) is 10.5. The number of hydrogen-bond acceptors (Lipinski definition) is 5. The first-order valence-electron chi connectivity index (χ1n) is 10.3. The summed E-state index contributed by atoms with van der Waals surface area (Å²) in [5, 5.41) is 15.8. The fourth-order valence-corrected chi connectivity index (χ4v) is 3.92. The molecule has 31 heavy (non-hydrogen) atoms. The Morgan fingerprint density at radius 2 is 1.39 bits per heavy atom. The molecule has 6 heteroatoms. The quantitative estimate of drug-likeness (QED) is 0.337. The molecule has 3 aromatic rings. The van der Waals surface area contributed by atoms with E-state index in [1.807, 2.05) is 85.8 Å². The molecular formula is C25H28N2O4. The van der Waals surface area contributed by atoms with Crippen molar-refractivity contribution in [2.75, 3.05) is 19.5 Å². The van der Waals surface area contributed by atoms with E-state index in [1.54, 1.807) is 14.2 Å². The van der Waals surface area contributed by atoms with Crippen LogP contribution in [0.1, 0.15) is 36.4 Å². The molecule has 0 amide bonds. The van der Waals surface area contributed by atoms with Gasteiger partial charge in [0.25, 0.3) is 0 Å². The number of benzene rings is 3. The molecule has 0 unspecified atom stereocenters. The smallest absolute Gasteiger partial charge is 0.243 e. The topological polar surface area (TPSA) is 73.6 Å². The number of nitrogens with one attached hydrogen (secondary N) is 1. The molecule has 0 saturated heterocycles. The van der Waals surface area contributed by atoms with E-state index in [0.717, 1.165) is 28.3 Å². The van der Waals surface area contributed by atoms with Gasteiger partial charge in [0.1, 0.15) is 17.5 Å². The fraction of sp³-hybridized carbons (Fsp3) is 0.280. The second-order valence-electron chi connectivity index (χ2n) is 7.33. The average molecular weight is 421 g/mol. The van der Waals surface area contributed by atoms with Crippen LogP contribution < -0.4 is 14.8 Å². The third kappa shape index (κ3) is 5.34. The second-order valence-corrected chi connectivity index (χ2v) is 7.33. The Labute approximate surface area is 183 Å². The van der Waals surface area contributed by atoms with Crippen LogP contribution in [0.3, 0.4) is 0 Å². The minimum absolute atomic E-state index is 0.160. The Kier molecular flexibility index (Phi) is 7.49. The van der Waals surface area contributed by atoms with E-state index in [2.05, 4.69) is 5.32 Å². The Balaban J connectivity index is 2.01. The molecule has 3 rings (SSSR count). The molecule has 162 valence electrons. The fourth-order valence-electron chi connectivity index (χ4n) is 3.92. The summed E-state index contributed by atoms with van der Waals surface area (Å²) in [6, 6.07) is 23.2. The monoisotopic (exact) mass is 420 g/mol. The molecular weight excluding hydrogens is 392 g/mol. The standard InChI is InChI=1S/C25H28N2O4/c1-4-23(18-10-14-21(30-2)15-11-18)25(27(28)29)24(19-8-6-5-7-9-19)26-20-12-16-22(31-3)17-13-20/h5-17,23-26H,4H2,1-3H3/t23-,24+,25+/m0/s1. The molecule has 0 aliphatic heterocycles. The van der Waals surface area contributed by atoms with Crippen molar-refractivity contribution in [3.63, 3.8) is 0 Å². The molecule has 0 radical (unpaired) electrons. The minimum atomic E-state index is -0.872. The van der Waals surface area contributed by atoms with Crippen LogP contribution in [-0.2, 0) is 0 Å². The van der Waals surface area contributed by atoms with Crippen molar-refractivity contribution in [1.29, 1.82) is 0 Å². The van der Waals surface area contributed by atoms with E-state index in [4.69, 9.17) is 9.47 Å². The van der Waals surface area contributed by atoms with E-state index in [0.29, 0.717) is 6.42 Å². The van der Waals surface area contributed by atoms with Gasteiger partial charge in [-0.25, -0.2) is 0 Å². The number of rotatable bonds is 10. The van der Waals surface area contributed by atoms with Gasteiger partial charge in [-0.1, -0.05) is 49.4 Å². The van der Waals surface area contributed by atoms with Gasteiger partial charge in [0.15, 0.2) is 0 Å². The Hall–Kier alpha value is -3.54. The Bertz CT molecular complexity index is 959. The predicted octanol–water partition coefficient (Wildman–Crippen LogP) is 5.70. The van der Waals surface area contributed by atoms with Crippen LogP contribution in [0, 0.1) is 10.1 Å². The highest BCUT2D eigenvalue weighted by Crippen LogP contribution is 2.36. The Morgan fingerprint density at radius 1 is 0.839 bits per heavy atom. The molecule has 0 bridgehead atoms. The SMILES string of the molecule is CC[C@@H](c1ccc(OC)cc1)[C@H]([C@H](Nc1ccc(OC)cc1)c1ccccc1)[N+](=O)[O-]. The van der Waals surface area contributed by atoms with Gasteiger partial charge in [-0.05, 0) is 53.9 Å². The maximum atomic E-state index is 12.4. The van der Waals surface area contributed by atoms with Crippen LogP contribution in [0.15, 0.2) is 78.9 Å². The van der Waals surface area contributed by atoms with Crippen molar-refractivity contribution in [2.24, 2.45) is 0 Å². The third-order valence-electron chi connectivity index (χ3n) is 5.55. The summed E-state index contributed by atoms with van der Waals surface area (Å²) >= 11 is 0. The normalized spacial score (nSPS) is 13.6. The third-order valence-corrected chi connectivity index (χ3v) is 5.55. The van der Waals surface area contributed by atoms with Gasteiger partial charge in [-0.2, -0.15) is 0 Å². The van der Waals surface area contributed by atoms with Crippen LogP contribution in [0.2, 0.25) is 0 Å². The highest BCUT2D eigenvalue weighted by Gasteiger charge is 2.40. The van der Waals surface area contributed by atoms with Crippen LogP contribution in [0.25, 0.3) is 0 Å². The van der Waals surface area contributed by atoms with Crippen molar-refractivity contribution in [1.82, 2.24) is 0 Å². The zero-order valence-electron chi connectivity index (χ0n) is 18.0. The molecule has 6 nitrogen and oxygen atoms in total. The number of ether oxygens (including phenoxy) is 2. The van der Waals surface area contributed by atoms with E-state index in [-0.39, 0.29) is 10.8 Å². The van der Waals surface area contributed by atoms with E-state index >= 15 is 0 Å². The van der Waals surface area contributed by atoms with E-state index in [9.17, 15) is 10.1 Å². The summed E-state index contributed by atoms with van der Waals surface area (Å²) in [4.78, 5) is 12.3. The van der Waals surface area contributed by atoms with Crippen molar-refractivity contribution < 1.29 is 14.4 Å². The van der Waals surface area contributed by atoms with Crippen LogP contribution in [0.5, 0.6) is 11.5 Å². The van der Waals surface area contributed by atoms with Crippen LogP contribution in [0.4, 0.5) is 5.69 Å². The first kappa shape index (κ1) is 22.2. The number of methoxy groups -OCH3 is 2. The van der Waals surface area contributed by atoms with Gasteiger partial charge in [0.05, 0.1) is 20.1 Å². The lowest BCUT2D eigenvalue weighted by molar-refractivity contribution is -0.530. The first-order valence-corrected chi connectivity index (χ1v) is 10.3. The largest absolute Gasteiger partial charge is 0.497 e. The van der Waals surface area contributed by atoms with Gasteiger partial charge >= 0.3 is 0 Å².